The van der Waals surface area contributed by atoms with Crippen molar-refractivity contribution in [3.05, 3.63) is 54.9 Å². The number of fused-ring (bicyclic) bond motifs is 1. The van der Waals surface area contributed by atoms with Gasteiger partial charge in [0.1, 0.15) is 5.75 Å². The van der Waals surface area contributed by atoms with E-state index in [1.54, 1.807) is 0 Å². The van der Waals surface area contributed by atoms with Crippen LogP contribution in [0, 0.1) is 0 Å². The Morgan fingerprint density at radius 2 is 1.95 bits per heavy atom. The van der Waals surface area contributed by atoms with Gasteiger partial charge < -0.3 is 15.0 Å². The molecule has 0 saturated carbocycles. The molecule has 3 rings (SSSR count). The summed E-state index contributed by atoms with van der Waals surface area (Å²) in [5.74, 6) is 0.836. The number of hydrogen-bond donors (Lipinski definition) is 1. The summed E-state index contributed by atoms with van der Waals surface area (Å²) in [7, 11) is 0. The Kier molecular flexibility index (Phi) is 4.05. The number of nitrogens with two attached hydrogens (primary N) is 1. The largest absolute Gasteiger partial charge is 0.494 e. The lowest BCUT2D eigenvalue weighted by molar-refractivity contribution is 0.303. The molecule has 4 nitrogen and oxygen atoms in total. The zero-order valence-corrected chi connectivity index (χ0v) is 11.9. The smallest absolute Gasteiger partial charge is 0.121 e. The van der Waals surface area contributed by atoms with Crippen LogP contribution in [0.3, 0.4) is 0 Å². The minimum atomic E-state index is 0.704. The van der Waals surface area contributed by atoms with Crippen LogP contribution in [-0.4, -0.2) is 16.2 Å². The molecule has 1 heterocycles. The summed E-state index contributed by atoms with van der Waals surface area (Å²) in [4.78, 5) is 4.39. The summed E-state index contributed by atoms with van der Waals surface area (Å²) in [6, 6.07) is 15.7. The summed E-state index contributed by atoms with van der Waals surface area (Å²) in [6.07, 6.45) is 3.97. The molecule has 1 aromatic heterocycles. The lowest BCUT2D eigenvalue weighted by atomic mass is 10.3. The van der Waals surface area contributed by atoms with Gasteiger partial charge in [0.15, 0.2) is 0 Å². The molecule has 0 bridgehead atoms. The Balaban J connectivity index is 1.46. The van der Waals surface area contributed by atoms with Gasteiger partial charge in [-0.05, 0) is 37.1 Å². The number of unbranched alkanes of at least 4 members (excludes halogenated alkanes) is 1. The third kappa shape index (κ3) is 3.34. The number of rotatable bonds is 6. The number of nitrogen functional groups attached to an aromatic ring is 1. The normalized spacial score (nSPS) is 10.9. The van der Waals surface area contributed by atoms with Crippen LogP contribution >= 0.6 is 0 Å². The van der Waals surface area contributed by atoms with Crippen molar-refractivity contribution in [2.45, 2.75) is 19.4 Å². The second-order valence-electron chi connectivity index (χ2n) is 5.05. The van der Waals surface area contributed by atoms with Gasteiger partial charge in [-0.3, -0.25) is 0 Å². The second kappa shape index (κ2) is 6.31. The molecule has 0 fully saturated rings. The molecule has 0 radical (unpaired) electrons. The summed E-state index contributed by atoms with van der Waals surface area (Å²) in [6.45, 7) is 1.66. The number of benzene rings is 2. The van der Waals surface area contributed by atoms with E-state index < -0.39 is 0 Å². The van der Waals surface area contributed by atoms with Crippen LogP contribution in [0.25, 0.3) is 11.0 Å². The van der Waals surface area contributed by atoms with Crippen molar-refractivity contribution in [1.82, 2.24) is 9.55 Å². The van der Waals surface area contributed by atoms with E-state index in [-0.39, 0.29) is 0 Å². The molecular weight excluding hydrogens is 262 g/mol. The summed E-state index contributed by atoms with van der Waals surface area (Å²) in [5, 5.41) is 0. The van der Waals surface area contributed by atoms with E-state index in [4.69, 9.17) is 10.5 Å². The highest BCUT2D eigenvalue weighted by Crippen LogP contribution is 2.15. The summed E-state index contributed by atoms with van der Waals surface area (Å²) < 4.78 is 7.88. The van der Waals surface area contributed by atoms with E-state index in [0.29, 0.717) is 6.61 Å². The van der Waals surface area contributed by atoms with Gasteiger partial charge in [0.05, 0.1) is 24.0 Å². The van der Waals surface area contributed by atoms with Crippen molar-refractivity contribution in [1.29, 1.82) is 0 Å². The van der Waals surface area contributed by atoms with Crippen LogP contribution < -0.4 is 10.5 Å². The predicted octanol–water partition coefficient (Wildman–Crippen LogP) is 3.48. The minimum Gasteiger partial charge on any atom is -0.494 e. The standard InChI is InChI=1S/C17H19N3O/c18-14-6-5-7-15(12-14)21-11-4-3-10-20-13-19-16-8-1-2-9-17(16)20/h1-2,5-9,12-13H,3-4,10-11,18H2. The second-order valence-corrected chi connectivity index (χ2v) is 5.05. The fourth-order valence-electron chi connectivity index (χ4n) is 2.37. The maximum Gasteiger partial charge on any atom is 0.121 e. The molecule has 0 spiro atoms. The maximum atomic E-state index is 5.72. The van der Waals surface area contributed by atoms with Gasteiger partial charge in [0.2, 0.25) is 0 Å². The highest BCUT2D eigenvalue weighted by Gasteiger charge is 2.01. The molecule has 0 amide bonds. The molecule has 3 aromatic rings. The first-order valence-electron chi connectivity index (χ1n) is 7.21. The predicted molar refractivity (Wildman–Crippen MR) is 85.3 cm³/mol. The topological polar surface area (TPSA) is 53.1 Å². The van der Waals surface area contributed by atoms with Crippen LogP contribution in [0.4, 0.5) is 5.69 Å². The van der Waals surface area contributed by atoms with E-state index in [9.17, 15) is 0 Å². The van der Waals surface area contributed by atoms with Crippen molar-refractivity contribution >= 4 is 16.7 Å². The molecule has 0 saturated heterocycles. The fraction of sp³-hybridized carbons (Fsp3) is 0.235. The van der Waals surface area contributed by atoms with Crippen molar-refractivity contribution in [3.8, 4) is 5.75 Å². The van der Waals surface area contributed by atoms with Gasteiger partial charge in [-0.15, -0.1) is 0 Å². The third-order valence-corrected chi connectivity index (χ3v) is 3.45. The Labute approximate surface area is 124 Å². The fourth-order valence-corrected chi connectivity index (χ4v) is 2.37. The Morgan fingerprint density at radius 1 is 1.05 bits per heavy atom. The maximum absolute atomic E-state index is 5.72. The van der Waals surface area contributed by atoms with Crippen LogP contribution in [0.2, 0.25) is 0 Å². The Morgan fingerprint density at radius 3 is 2.86 bits per heavy atom. The molecular formula is C17H19N3O. The highest BCUT2D eigenvalue weighted by molar-refractivity contribution is 5.74. The van der Waals surface area contributed by atoms with Crippen LogP contribution in [-0.2, 0) is 6.54 Å². The van der Waals surface area contributed by atoms with Gasteiger partial charge in [0.25, 0.3) is 0 Å². The lowest BCUT2D eigenvalue weighted by Crippen LogP contribution is -2.01. The SMILES string of the molecule is Nc1cccc(OCCCCn2cnc3ccccc32)c1. The first kappa shape index (κ1) is 13.5. The first-order valence-corrected chi connectivity index (χ1v) is 7.21. The van der Waals surface area contributed by atoms with Gasteiger partial charge in [-0.25, -0.2) is 4.98 Å². The zero-order chi connectivity index (χ0) is 14.5. The summed E-state index contributed by atoms with van der Waals surface area (Å²) >= 11 is 0. The Hall–Kier alpha value is -2.49. The highest BCUT2D eigenvalue weighted by atomic mass is 16.5. The molecule has 0 aliphatic carbocycles. The van der Waals surface area contributed by atoms with E-state index in [1.165, 1.54) is 5.52 Å². The average molecular weight is 281 g/mol. The van der Waals surface area contributed by atoms with Crippen LogP contribution in [0.15, 0.2) is 54.9 Å². The molecule has 2 N–H and O–H groups in total. The molecule has 0 aliphatic heterocycles. The number of aromatic nitrogens is 2. The lowest BCUT2D eigenvalue weighted by Gasteiger charge is -2.07. The molecule has 108 valence electrons. The van der Waals surface area contributed by atoms with Gasteiger partial charge >= 0.3 is 0 Å². The third-order valence-electron chi connectivity index (χ3n) is 3.45. The number of ether oxygens (including phenoxy) is 1. The molecule has 21 heavy (non-hydrogen) atoms. The van der Waals surface area contributed by atoms with Crippen LogP contribution in [0.1, 0.15) is 12.8 Å². The number of imidazole rings is 1. The monoisotopic (exact) mass is 281 g/mol. The molecule has 2 aromatic carbocycles. The zero-order valence-electron chi connectivity index (χ0n) is 11.9. The Bertz CT molecular complexity index is 721. The van der Waals surface area contributed by atoms with E-state index in [1.807, 2.05) is 48.8 Å². The van der Waals surface area contributed by atoms with Crippen molar-refractivity contribution < 1.29 is 4.74 Å². The van der Waals surface area contributed by atoms with Crippen molar-refractivity contribution in [3.63, 3.8) is 0 Å². The number of anilines is 1. The van der Waals surface area contributed by atoms with Crippen molar-refractivity contribution in [2.24, 2.45) is 0 Å². The van der Waals surface area contributed by atoms with Gasteiger partial charge in [0, 0.05) is 18.3 Å². The first-order chi connectivity index (χ1) is 10.3. The number of aryl methyl sites for hydroxylation is 1. The molecule has 0 atom stereocenters. The average Bonchev–Trinajstić information content (AvgIpc) is 2.90. The molecule has 4 heteroatoms. The van der Waals surface area contributed by atoms with Crippen LogP contribution in [0.5, 0.6) is 5.75 Å². The number of nitrogens with zero attached hydrogens (tertiary/aromatic N) is 2. The number of para-hydroxylation sites is 2. The van der Waals surface area contributed by atoms with Crippen molar-refractivity contribution in [2.75, 3.05) is 12.3 Å². The molecule has 0 unspecified atom stereocenters. The minimum absolute atomic E-state index is 0.704. The summed E-state index contributed by atoms with van der Waals surface area (Å²) in [5.41, 5.74) is 8.69. The van der Waals surface area contributed by atoms with E-state index >= 15 is 0 Å². The number of hydrogen-bond acceptors (Lipinski definition) is 3. The van der Waals surface area contributed by atoms with Gasteiger partial charge in [-0.1, -0.05) is 18.2 Å². The van der Waals surface area contributed by atoms with E-state index in [2.05, 4.69) is 15.6 Å². The molecule has 0 aliphatic rings. The van der Waals surface area contributed by atoms with Gasteiger partial charge in [-0.2, -0.15) is 0 Å². The van der Waals surface area contributed by atoms with E-state index in [0.717, 1.165) is 36.3 Å². The quantitative estimate of drug-likeness (QED) is 0.556.